The van der Waals surface area contributed by atoms with Crippen LogP contribution in [0.3, 0.4) is 0 Å². The summed E-state index contributed by atoms with van der Waals surface area (Å²) in [6, 6.07) is 1.66. The number of rotatable bonds is 3. The van der Waals surface area contributed by atoms with E-state index in [1.165, 1.54) is 0 Å². The summed E-state index contributed by atoms with van der Waals surface area (Å²) in [7, 11) is 0. The third-order valence-electron chi connectivity index (χ3n) is 2.53. The van der Waals surface area contributed by atoms with Gasteiger partial charge in [-0.15, -0.1) is 0 Å². The zero-order valence-electron chi connectivity index (χ0n) is 8.15. The lowest BCUT2D eigenvalue weighted by Crippen LogP contribution is -2.38. The van der Waals surface area contributed by atoms with Gasteiger partial charge in [-0.25, -0.2) is 4.98 Å². The highest BCUT2D eigenvalue weighted by Gasteiger charge is 2.28. The summed E-state index contributed by atoms with van der Waals surface area (Å²) in [6.07, 6.45) is 2.45. The third kappa shape index (κ3) is 2.06. The molecule has 15 heavy (non-hydrogen) atoms. The van der Waals surface area contributed by atoms with Crippen LogP contribution in [0.25, 0.3) is 0 Å². The highest BCUT2D eigenvalue weighted by atomic mass is 35.5. The van der Waals surface area contributed by atoms with E-state index in [-0.39, 0.29) is 6.10 Å². The molecule has 1 aromatic rings. The lowest BCUT2D eigenvalue weighted by molar-refractivity contribution is -0.0814. The van der Waals surface area contributed by atoms with Crippen LogP contribution in [0.4, 0.5) is 0 Å². The van der Waals surface area contributed by atoms with Gasteiger partial charge in [-0.2, -0.15) is 4.98 Å². The summed E-state index contributed by atoms with van der Waals surface area (Å²) in [4.78, 5) is 8.53. The Morgan fingerprint density at radius 2 is 2.13 bits per heavy atom. The van der Waals surface area contributed by atoms with Crippen LogP contribution in [0.2, 0.25) is 5.15 Å². The van der Waals surface area contributed by atoms with Crippen LogP contribution in [0.5, 0.6) is 5.88 Å². The molecule has 5 heteroatoms. The zero-order chi connectivity index (χ0) is 10.3. The van der Waals surface area contributed by atoms with Crippen molar-refractivity contribution >= 4 is 11.6 Å². The van der Waals surface area contributed by atoms with Crippen molar-refractivity contribution in [1.82, 2.24) is 9.97 Å². The summed E-state index contributed by atoms with van der Waals surface area (Å²) in [5.41, 5.74) is 0. The van der Waals surface area contributed by atoms with Crippen LogP contribution < -0.4 is 4.74 Å². The molecule has 0 radical (unpaired) electrons. The van der Waals surface area contributed by atoms with Crippen molar-refractivity contribution in [2.75, 3.05) is 13.2 Å². The smallest absolute Gasteiger partial charge is 0.218 e. The Bertz CT molecular complexity index is 378. The molecule has 2 heterocycles. The molecule has 0 amide bonds. The molecule has 3 rings (SSSR count). The predicted octanol–water partition coefficient (Wildman–Crippen LogP) is 1.78. The highest BCUT2D eigenvalue weighted by Crippen LogP contribution is 2.39. The minimum Gasteiger partial charge on any atom is -0.469 e. The van der Waals surface area contributed by atoms with Gasteiger partial charge in [0.15, 0.2) is 0 Å². The van der Waals surface area contributed by atoms with E-state index in [1.54, 1.807) is 6.07 Å². The third-order valence-corrected chi connectivity index (χ3v) is 2.72. The Kier molecular flexibility index (Phi) is 2.25. The average molecular weight is 227 g/mol. The molecule has 2 aliphatic rings. The van der Waals surface area contributed by atoms with Crippen molar-refractivity contribution in [2.24, 2.45) is 0 Å². The van der Waals surface area contributed by atoms with Gasteiger partial charge in [0.05, 0.1) is 13.2 Å². The molecule has 4 nitrogen and oxygen atoms in total. The fourth-order valence-corrected chi connectivity index (χ4v) is 1.63. The van der Waals surface area contributed by atoms with Gasteiger partial charge in [-0.1, -0.05) is 11.6 Å². The number of nitrogens with zero attached hydrogens (tertiary/aromatic N) is 2. The largest absolute Gasteiger partial charge is 0.469 e. The van der Waals surface area contributed by atoms with Crippen LogP contribution in [-0.2, 0) is 4.74 Å². The zero-order valence-corrected chi connectivity index (χ0v) is 8.91. The van der Waals surface area contributed by atoms with E-state index < -0.39 is 0 Å². The molecule has 0 N–H and O–H groups in total. The Hall–Kier alpha value is -0.870. The number of ether oxygens (including phenoxy) is 2. The topological polar surface area (TPSA) is 44.2 Å². The van der Waals surface area contributed by atoms with E-state index in [4.69, 9.17) is 21.1 Å². The molecular formula is C10H11ClN2O2. The Morgan fingerprint density at radius 1 is 1.33 bits per heavy atom. The monoisotopic (exact) mass is 226 g/mol. The first-order valence-corrected chi connectivity index (χ1v) is 5.48. The molecule has 0 spiro atoms. The van der Waals surface area contributed by atoms with Gasteiger partial charge in [0.25, 0.3) is 0 Å². The molecule has 1 saturated carbocycles. The quantitative estimate of drug-likeness (QED) is 0.737. The lowest BCUT2D eigenvalue weighted by Gasteiger charge is -2.26. The van der Waals surface area contributed by atoms with Crippen molar-refractivity contribution in [3.8, 4) is 5.88 Å². The molecular weight excluding hydrogens is 216 g/mol. The molecule has 1 aliphatic heterocycles. The Labute approximate surface area is 92.6 Å². The van der Waals surface area contributed by atoms with E-state index >= 15 is 0 Å². The standard InChI is InChI=1S/C10H11ClN2O2/c11-8-3-9(15-7-4-14-5-7)13-10(12-8)6-1-2-6/h3,6-7H,1-2,4-5H2. The number of aromatic nitrogens is 2. The maximum atomic E-state index is 5.90. The second-order valence-electron chi connectivity index (χ2n) is 3.94. The maximum absolute atomic E-state index is 5.90. The first-order chi connectivity index (χ1) is 7.31. The number of hydrogen-bond donors (Lipinski definition) is 0. The predicted molar refractivity (Wildman–Crippen MR) is 54.3 cm³/mol. The summed E-state index contributed by atoms with van der Waals surface area (Å²) >= 11 is 5.90. The Balaban J connectivity index is 1.79. The van der Waals surface area contributed by atoms with Crippen LogP contribution >= 0.6 is 11.6 Å². The molecule has 0 bridgehead atoms. The van der Waals surface area contributed by atoms with Crippen LogP contribution in [0, 0.1) is 0 Å². The fourth-order valence-electron chi connectivity index (χ4n) is 1.45. The molecule has 2 fully saturated rings. The fraction of sp³-hybridized carbons (Fsp3) is 0.600. The van der Waals surface area contributed by atoms with Crippen molar-refractivity contribution < 1.29 is 9.47 Å². The van der Waals surface area contributed by atoms with Crippen molar-refractivity contribution in [3.05, 3.63) is 17.0 Å². The van der Waals surface area contributed by atoms with E-state index in [1.807, 2.05) is 0 Å². The second kappa shape index (κ2) is 3.61. The summed E-state index contributed by atoms with van der Waals surface area (Å²) in [5, 5.41) is 0.460. The number of hydrogen-bond acceptors (Lipinski definition) is 4. The first kappa shape index (κ1) is 9.36. The molecule has 0 atom stereocenters. The molecule has 0 unspecified atom stereocenters. The average Bonchev–Trinajstić information content (AvgIpc) is 2.93. The van der Waals surface area contributed by atoms with E-state index in [2.05, 4.69) is 9.97 Å². The van der Waals surface area contributed by atoms with Crippen molar-refractivity contribution in [2.45, 2.75) is 24.9 Å². The normalized spacial score (nSPS) is 21.1. The minimum atomic E-state index is 0.128. The maximum Gasteiger partial charge on any atom is 0.218 e. The molecule has 1 aliphatic carbocycles. The molecule has 1 aromatic heterocycles. The van der Waals surface area contributed by atoms with E-state index in [0.29, 0.717) is 30.2 Å². The van der Waals surface area contributed by atoms with Gasteiger partial charge >= 0.3 is 0 Å². The van der Waals surface area contributed by atoms with Gasteiger partial charge < -0.3 is 9.47 Å². The van der Waals surface area contributed by atoms with E-state index in [0.717, 1.165) is 18.7 Å². The van der Waals surface area contributed by atoms with Gasteiger partial charge in [0, 0.05) is 12.0 Å². The SMILES string of the molecule is Clc1cc(OC2COC2)nc(C2CC2)n1. The summed E-state index contributed by atoms with van der Waals surface area (Å²) in [5.74, 6) is 1.88. The van der Waals surface area contributed by atoms with Crippen LogP contribution in [-0.4, -0.2) is 29.3 Å². The van der Waals surface area contributed by atoms with Crippen LogP contribution in [0.15, 0.2) is 6.07 Å². The highest BCUT2D eigenvalue weighted by molar-refractivity contribution is 6.29. The number of halogens is 1. The van der Waals surface area contributed by atoms with Crippen LogP contribution in [0.1, 0.15) is 24.6 Å². The van der Waals surface area contributed by atoms with Gasteiger partial charge in [0.2, 0.25) is 5.88 Å². The summed E-state index contributed by atoms with van der Waals surface area (Å²) in [6.45, 7) is 1.28. The van der Waals surface area contributed by atoms with Crippen molar-refractivity contribution in [1.29, 1.82) is 0 Å². The molecule has 80 valence electrons. The van der Waals surface area contributed by atoms with Gasteiger partial charge in [0.1, 0.15) is 17.1 Å². The Morgan fingerprint density at radius 3 is 2.73 bits per heavy atom. The van der Waals surface area contributed by atoms with Crippen molar-refractivity contribution in [3.63, 3.8) is 0 Å². The minimum absolute atomic E-state index is 0.128. The molecule has 1 saturated heterocycles. The summed E-state index contributed by atoms with van der Waals surface area (Å²) < 4.78 is 10.6. The van der Waals surface area contributed by atoms with E-state index in [9.17, 15) is 0 Å². The van der Waals surface area contributed by atoms with Gasteiger partial charge in [-0.05, 0) is 12.8 Å². The molecule has 0 aromatic carbocycles. The second-order valence-corrected chi connectivity index (χ2v) is 4.33. The van der Waals surface area contributed by atoms with Gasteiger partial charge in [-0.3, -0.25) is 0 Å². The lowest BCUT2D eigenvalue weighted by atomic mass is 10.3. The first-order valence-electron chi connectivity index (χ1n) is 5.10.